The Morgan fingerprint density at radius 2 is 2.03 bits per heavy atom. The molecule has 3 aliphatic rings. The van der Waals surface area contributed by atoms with Gasteiger partial charge in [0.1, 0.15) is 5.60 Å². The molecule has 9 heteroatoms. The maximum Gasteiger partial charge on any atom is 0.410 e. The minimum absolute atomic E-state index is 0.00129. The van der Waals surface area contributed by atoms with Crippen molar-refractivity contribution in [1.82, 2.24) is 29.4 Å². The Kier molecular flexibility index (Phi) is 5.52. The molecule has 1 atom stereocenters. The molecule has 160 valence electrons. The zero-order valence-corrected chi connectivity index (χ0v) is 17.7. The number of carbonyl (C=O) groups excluding carboxylic acids is 2. The predicted molar refractivity (Wildman–Crippen MR) is 108 cm³/mol. The van der Waals surface area contributed by atoms with Crippen LogP contribution in [0.4, 0.5) is 4.79 Å². The fraction of sp³-hybridized carbons (Fsp3) is 0.750. The molecule has 4 rings (SSSR count). The lowest BCUT2D eigenvalue weighted by Crippen LogP contribution is -2.49. The fourth-order valence-electron chi connectivity index (χ4n) is 4.66. The van der Waals surface area contributed by atoms with E-state index in [1.165, 1.54) is 6.42 Å². The normalized spacial score (nSPS) is 24.7. The molecule has 1 spiro atoms. The van der Waals surface area contributed by atoms with E-state index in [1.54, 1.807) is 24.1 Å². The maximum atomic E-state index is 12.6. The number of aromatic nitrogens is 2. The molecule has 0 saturated carbocycles. The van der Waals surface area contributed by atoms with E-state index in [-0.39, 0.29) is 12.0 Å². The van der Waals surface area contributed by atoms with Crippen LogP contribution in [0.5, 0.6) is 0 Å². The first-order valence-corrected chi connectivity index (χ1v) is 10.5. The summed E-state index contributed by atoms with van der Waals surface area (Å²) < 4.78 is 7.46. The van der Waals surface area contributed by atoms with Gasteiger partial charge in [-0.15, -0.1) is 0 Å². The quantitative estimate of drug-likeness (QED) is 0.711. The molecular formula is C20H32N6O3. The molecule has 0 unspecified atom stereocenters. The highest BCUT2D eigenvalue weighted by molar-refractivity contribution is 5.93. The van der Waals surface area contributed by atoms with Gasteiger partial charge in [0.25, 0.3) is 5.91 Å². The third-order valence-corrected chi connectivity index (χ3v) is 6.62. The lowest BCUT2D eigenvalue weighted by atomic mass is 9.91. The van der Waals surface area contributed by atoms with Crippen LogP contribution in [0.1, 0.15) is 29.6 Å². The van der Waals surface area contributed by atoms with Crippen LogP contribution in [-0.2, 0) is 11.8 Å². The van der Waals surface area contributed by atoms with Gasteiger partial charge in [-0.1, -0.05) is 0 Å². The molecule has 2 amide bonds. The Bertz CT molecular complexity index is 755. The van der Waals surface area contributed by atoms with Crippen molar-refractivity contribution in [2.45, 2.75) is 30.9 Å². The second-order valence-electron chi connectivity index (χ2n) is 8.87. The number of piperidine rings is 1. The molecule has 0 aliphatic carbocycles. The van der Waals surface area contributed by atoms with E-state index in [1.807, 2.05) is 9.80 Å². The van der Waals surface area contributed by atoms with Gasteiger partial charge < -0.3 is 19.4 Å². The van der Waals surface area contributed by atoms with E-state index >= 15 is 0 Å². The number of ether oxygens (including phenoxy) is 1. The molecule has 4 heterocycles. The Labute approximate surface area is 172 Å². The Morgan fingerprint density at radius 1 is 1.28 bits per heavy atom. The second kappa shape index (κ2) is 7.95. The van der Waals surface area contributed by atoms with Crippen molar-refractivity contribution < 1.29 is 14.3 Å². The van der Waals surface area contributed by atoms with Gasteiger partial charge in [-0.3, -0.25) is 14.4 Å². The van der Waals surface area contributed by atoms with E-state index in [0.29, 0.717) is 50.6 Å². The van der Waals surface area contributed by atoms with Crippen molar-refractivity contribution in [1.29, 1.82) is 0 Å². The number of rotatable bonds is 5. The number of hydrogen-bond acceptors (Lipinski definition) is 6. The van der Waals surface area contributed by atoms with Crippen LogP contribution < -0.4 is 0 Å². The first-order chi connectivity index (χ1) is 13.8. The first kappa shape index (κ1) is 20.2. The van der Waals surface area contributed by atoms with Crippen molar-refractivity contribution in [2.75, 3.05) is 59.9 Å². The van der Waals surface area contributed by atoms with E-state index < -0.39 is 5.60 Å². The largest absolute Gasteiger partial charge is 0.441 e. The standard InChI is InChI=1S/C20H32N6O3/c1-22(2)17-4-7-24(14-17)10-11-26-15-20(29-19(26)28)5-8-25(9-6-20)18(27)16-12-21-23(3)13-16/h12-13,17H,4-11,14-15H2,1-3H3/t17-/m1/s1. The zero-order chi connectivity index (χ0) is 20.6. The van der Waals surface area contributed by atoms with Gasteiger partial charge in [-0.25, -0.2) is 4.79 Å². The summed E-state index contributed by atoms with van der Waals surface area (Å²) >= 11 is 0. The topological polar surface area (TPSA) is 74.2 Å². The minimum atomic E-state index is -0.444. The molecule has 3 aliphatic heterocycles. The SMILES string of the molecule is CN(C)[C@@H]1CCN(CCN2CC3(CCN(C(=O)c4cnn(C)c4)CC3)OC2=O)C1. The van der Waals surface area contributed by atoms with Crippen LogP contribution in [0.3, 0.4) is 0 Å². The molecule has 1 aromatic heterocycles. The average molecular weight is 405 g/mol. The van der Waals surface area contributed by atoms with E-state index in [2.05, 4.69) is 29.0 Å². The number of nitrogens with zero attached hydrogens (tertiary/aromatic N) is 6. The highest BCUT2D eigenvalue weighted by Crippen LogP contribution is 2.33. The smallest absolute Gasteiger partial charge is 0.410 e. The molecule has 3 fully saturated rings. The highest BCUT2D eigenvalue weighted by Gasteiger charge is 2.47. The molecule has 29 heavy (non-hydrogen) atoms. The Hall–Kier alpha value is -2.13. The van der Waals surface area contributed by atoms with Gasteiger partial charge in [-0.05, 0) is 27.1 Å². The van der Waals surface area contributed by atoms with Crippen molar-refractivity contribution in [3.05, 3.63) is 18.0 Å². The number of amides is 2. The Morgan fingerprint density at radius 3 is 2.66 bits per heavy atom. The summed E-state index contributed by atoms with van der Waals surface area (Å²) in [5, 5.41) is 4.08. The fourth-order valence-corrected chi connectivity index (χ4v) is 4.66. The van der Waals surface area contributed by atoms with Crippen molar-refractivity contribution >= 4 is 12.0 Å². The lowest BCUT2D eigenvalue weighted by molar-refractivity contribution is 0.00312. The zero-order valence-electron chi connectivity index (χ0n) is 17.7. The summed E-state index contributed by atoms with van der Waals surface area (Å²) in [6, 6.07) is 0.605. The molecule has 3 saturated heterocycles. The van der Waals surface area contributed by atoms with E-state index in [4.69, 9.17) is 4.74 Å². The average Bonchev–Trinajstić information content (AvgIpc) is 3.40. The van der Waals surface area contributed by atoms with Crippen LogP contribution in [0.2, 0.25) is 0 Å². The highest BCUT2D eigenvalue weighted by atomic mass is 16.6. The summed E-state index contributed by atoms with van der Waals surface area (Å²) in [5.41, 5.74) is 0.162. The molecule has 0 aromatic carbocycles. The third kappa shape index (κ3) is 4.25. The van der Waals surface area contributed by atoms with Crippen molar-refractivity contribution in [2.24, 2.45) is 7.05 Å². The van der Waals surface area contributed by atoms with Crippen LogP contribution >= 0.6 is 0 Å². The summed E-state index contributed by atoms with van der Waals surface area (Å²) in [4.78, 5) is 33.5. The number of hydrogen-bond donors (Lipinski definition) is 0. The molecule has 9 nitrogen and oxygen atoms in total. The number of likely N-dealkylation sites (N-methyl/N-ethyl adjacent to an activating group) is 1. The number of likely N-dealkylation sites (tertiary alicyclic amines) is 2. The van der Waals surface area contributed by atoms with E-state index in [9.17, 15) is 9.59 Å². The summed E-state index contributed by atoms with van der Waals surface area (Å²) in [6.45, 7) is 5.58. The van der Waals surface area contributed by atoms with Gasteiger partial charge in [0, 0.05) is 64.9 Å². The van der Waals surface area contributed by atoms with Gasteiger partial charge >= 0.3 is 6.09 Å². The van der Waals surface area contributed by atoms with E-state index in [0.717, 1.165) is 19.6 Å². The van der Waals surface area contributed by atoms with Crippen LogP contribution in [-0.4, -0.2) is 113 Å². The molecular weight excluding hydrogens is 372 g/mol. The van der Waals surface area contributed by atoms with Crippen LogP contribution in [0.15, 0.2) is 12.4 Å². The maximum absolute atomic E-state index is 12.6. The van der Waals surface area contributed by atoms with Gasteiger partial charge in [0.2, 0.25) is 0 Å². The summed E-state index contributed by atoms with van der Waals surface area (Å²) in [7, 11) is 6.06. The molecule has 0 bridgehead atoms. The van der Waals surface area contributed by atoms with Crippen LogP contribution in [0.25, 0.3) is 0 Å². The minimum Gasteiger partial charge on any atom is -0.441 e. The predicted octanol–water partition coefficient (Wildman–Crippen LogP) is 0.483. The van der Waals surface area contributed by atoms with Crippen molar-refractivity contribution in [3.63, 3.8) is 0 Å². The van der Waals surface area contributed by atoms with Gasteiger partial charge in [0.05, 0.1) is 18.3 Å². The Balaban J connectivity index is 1.26. The third-order valence-electron chi connectivity index (χ3n) is 6.62. The molecule has 1 aromatic rings. The number of carbonyl (C=O) groups is 2. The second-order valence-corrected chi connectivity index (χ2v) is 8.87. The van der Waals surface area contributed by atoms with Crippen molar-refractivity contribution in [3.8, 4) is 0 Å². The monoisotopic (exact) mass is 404 g/mol. The number of aryl methyl sites for hydroxylation is 1. The lowest BCUT2D eigenvalue weighted by Gasteiger charge is -2.37. The summed E-state index contributed by atoms with van der Waals surface area (Å²) in [5.74, 6) is -0.00129. The summed E-state index contributed by atoms with van der Waals surface area (Å²) in [6.07, 6.45) is 5.69. The van der Waals surface area contributed by atoms with Gasteiger partial charge in [0.15, 0.2) is 0 Å². The van der Waals surface area contributed by atoms with Gasteiger partial charge in [-0.2, -0.15) is 5.10 Å². The first-order valence-electron chi connectivity index (χ1n) is 10.5. The molecule has 0 N–H and O–H groups in total. The molecule has 0 radical (unpaired) electrons. The van der Waals surface area contributed by atoms with Crippen LogP contribution in [0, 0.1) is 0 Å².